The Kier molecular flexibility index (Phi) is 5.47. The van der Waals surface area contributed by atoms with Crippen molar-refractivity contribution in [2.24, 2.45) is 0 Å². The fraction of sp³-hybridized carbons (Fsp3) is 0.250. The van der Waals surface area contributed by atoms with Crippen LogP contribution in [0.25, 0.3) is 4.98 Å². The molecule has 0 saturated carbocycles. The lowest BCUT2D eigenvalue weighted by Crippen LogP contribution is -1.96. The van der Waals surface area contributed by atoms with Crippen molar-refractivity contribution in [2.75, 3.05) is 13.2 Å². The molecule has 0 unspecified atom stereocenters. The Balaban J connectivity index is 2.41. The quantitative estimate of drug-likeness (QED) is 0.695. The third kappa shape index (κ3) is 3.89. The molecule has 4 nitrogen and oxygen atoms in total. The van der Waals surface area contributed by atoms with Gasteiger partial charge in [-0.2, -0.15) is 0 Å². The van der Waals surface area contributed by atoms with Crippen LogP contribution in [0.2, 0.25) is 0 Å². The number of hydrogen-bond acceptors (Lipinski definition) is 4. The van der Waals surface area contributed by atoms with E-state index < -0.39 is 0 Å². The Labute approximate surface area is 128 Å². The lowest BCUT2D eigenvalue weighted by Gasteiger charge is -2.10. The third-order valence-electron chi connectivity index (χ3n) is 2.70. The molecule has 2 aromatic rings. The van der Waals surface area contributed by atoms with Crippen molar-refractivity contribution in [1.29, 1.82) is 5.39 Å². The van der Waals surface area contributed by atoms with Crippen molar-refractivity contribution >= 4 is 17.4 Å². The van der Waals surface area contributed by atoms with Crippen molar-refractivity contribution in [3.63, 3.8) is 0 Å². The Morgan fingerprint density at radius 1 is 1.00 bits per heavy atom. The lowest BCUT2D eigenvalue weighted by molar-refractivity contribution is 0.325. The molecule has 0 N–H and O–H groups in total. The fourth-order valence-electron chi connectivity index (χ4n) is 1.84. The molecule has 0 spiro atoms. The fourth-order valence-corrected chi connectivity index (χ4v) is 2.77. The standard InChI is InChI=1S/C16H17N2O2S/c1-3-19-14-11-16(21-12-8-6-5-7-9-12)15(20-4-2)10-13(14)18-17/h5-11H,3-4H2,1-2H3/q+1. The molecule has 0 bridgehead atoms. The van der Waals surface area contributed by atoms with Crippen LogP contribution in [0.1, 0.15) is 13.8 Å². The van der Waals surface area contributed by atoms with Crippen LogP contribution in [0, 0.1) is 5.39 Å². The first-order valence-corrected chi connectivity index (χ1v) is 7.61. The molecule has 0 fully saturated rings. The number of hydrogen-bond donors (Lipinski definition) is 0. The molecule has 108 valence electrons. The molecule has 2 rings (SSSR count). The number of diazo groups is 1. The number of nitrogens with zero attached hydrogens (tertiary/aromatic N) is 2. The molecule has 0 heterocycles. The van der Waals surface area contributed by atoms with E-state index in [2.05, 4.69) is 4.98 Å². The van der Waals surface area contributed by atoms with Gasteiger partial charge in [-0.25, -0.2) is 0 Å². The minimum absolute atomic E-state index is 0.373. The third-order valence-corrected chi connectivity index (χ3v) is 3.75. The highest BCUT2D eigenvalue weighted by molar-refractivity contribution is 7.99. The van der Waals surface area contributed by atoms with Gasteiger partial charge in [0.25, 0.3) is 0 Å². The average molecular weight is 301 g/mol. The van der Waals surface area contributed by atoms with Gasteiger partial charge < -0.3 is 9.47 Å². The van der Waals surface area contributed by atoms with Crippen LogP contribution in [0.3, 0.4) is 0 Å². The smallest absolute Gasteiger partial charge is 0.430 e. The summed E-state index contributed by atoms with van der Waals surface area (Å²) < 4.78 is 11.2. The van der Waals surface area contributed by atoms with Crippen LogP contribution < -0.4 is 9.47 Å². The Hall–Kier alpha value is -2.19. The second-order valence-corrected chi connectivity index (χ2v) is 5.26. The Morgan fingerprint density at radius 3 is 2.29 bits per heavy atom. The first kappa shape index (κ1) is 15.2. The molecule has 0 aromatic heterocycles. The van der Waals surface area contributed by atoms with E-state index in [0.29, 0.717) is 30.4 Å². The summed E-state index contributed by atoms with van der Waals surface area (Å²) in [4.78, 5) is 5.30. The Morgan fingerprint density at radius 2 is 1.67 bits per heavy atom. The van der Waals surface area contributed by atoms with Gasteiger partial charge in [-0.1, -0.05) is 30.0 Å². The predicted molar refractivity (Wildman–Crippen MR) is 84.1 cm³/mol. The van der Waals surface area contributed by atoms with Gasteiger partial charge in [0.15, 0.2) is 4.98 Å². The van der Waals surface area contributed by atoms with Crippen molar-refractivity contribution in [3.05, 3.63) is 47.4 Å². The van der Waals surface area contributed by atoms with Crippen LogP contribution in [0.15, 0.2) is 52.3 Å². The summed E-state index contributed by atoms with van der Waals surface area (Å²) in [5, 5.41) is 9.10. The summed E-state index contributed by atoms with van der Waals surface area (Å²) in [5.74, 6) is 1.23. The molecular weight excluding hydrogens is 284 g/mol. The molecule has 0 aliphatic rings. The summed E-state index contributed by atoms with van der Waals surface area (Å²) in [6.45, 7) is 4.86. The molecule has 5 heteroatoms. The van der Waals surface area contributed by atoms with E-state index in [1.807, 2.05) is 50.2 Å². The van der Waals surface area contributed by atoms with E-state index >= 15 is 0 Å². The van der Waals surface area contributed by atoms with Crippen LogP contribution >= 0.6 is 11.8 Å². The van der Waals surface area contributed by atoms with Gasteiger partial charge in [0.05, 0.1) is 24.2 Å². The van der Waals surface area contributed by atoms with Crippen molar-refractivity contribution in [1.82, 2.24) is 0 Å². The highest BCUT2D eigenvalue weighted by Gasteiger charge is 2.21. The van der Waals surface area contributed by atoms with Gasteiger partial charge in [0, 0.05) is 11.0 Å². The molecule has 0 atom stereocenters. The summed E-state index contributed by atoms with van der Waals surface area (Å²) in [6.07, 6.45) is 0. The normalized spacial score (nSPS) is 9.95. The first-order chi connectivity index (χ1) is 10.3. The largest absolute Gasteiger partial charge is 0.492 e. The van der Waals surface area contributed by atoms with E-state index in [1.165, 1.54) is 0 Å². The van der Waals surface area contributed by atoms with Crippen molar-refractivity contribution in [2.45, 2.75) is 23.6 Å². The zero-order valence-corrected chi connectivity index (χ0v) is 12.9. The summed E-state index contributed by atoms with van der Waals surface area (Å²) in [6, 6.07) is 13.6. The zero-order valence-electron chi connectivity index (χ0n) is 12.1. The van der Waals surface area contributed by atoms with Crippen LogP contribution in [0.4, 0.5) is 5.69 Å². The molecule has 0 radical (unpaired) electrons. The van der Waals surface area contributed by atoms with Gasteiger partial charge >= 0.3 is 5.69 Å². The van der Waals surface area contributed by atoms with Crippen LogP contribution in [0.5, 0.6) is 11.5 Å². The average Bonchev–Trinajstić information content (AvgIpc) is 2.51. The topological polar surface area (TPSA) is 46.6 Å². The maximum Gasteiger partial charge on any atom is 0.430 e. The molecule has 0 aliphatic carbocycles. The molecular formula is C16H17N2O2S+. The monoisotopic (exact) mass is 301 g/mol. The molecule has 0 saturated heterocycles. The summed E-state index contributed by atoms with van der Waals surface area (Å²) in [5.41, 5.74) is 0.373. The first-order valence-electron chi connectivity index (χ1n) is 6.80. The Bertz CT molecular complexity index is 639. The zero-order chi connectivity index (χ0) is 15.1. The highest BCUT2D eigenvalue weighted by Crippen LogP contribution is 2.42. The SMILES string of the molecule is CCOc1cc(Sc2ccccc2)c(OCC)cc1[N+]#N. The second kappa shape index (κ2) is 7.55. The van der Waals surface area contributed by atoms with Crippen LogP contribution in [-0.2, 0) is 0 Å². The van der Waals surface area contributed by atoms with Crippen molar-refractivity contribution in [3.8, 4) is 11.5 Å². The predicted octanol–water partition coefficient (Wildman–Crippen LogP) is 5.12. The van der Waals surface area contributed by atoms with Gasteiger partial charge in [0.2, 0.25) is 11.1 Å². The minimum atomic E-state index is 0.373. The van der Waals surface area contributed by atoms with Gasteiger partial charge in [-0.3, -0.25) is 0 Å². The van der Waals surface area contributed by atoms with Crippen LogP contribution in [-0.4, -0.2) is 13.2 Å². The highest BCUT2D eigenvalue weighted by atomic mass is 32.2. The molecule has 21 heavy (non-hydrogen) atoms. The molecule has 0 amide bonds. The maximum atomic E-state index is 9.10. The summed E-state index contributed by atoms with van der Waals surface area (Å²) in [7, 11) is 0. The van der Waals surface area contributed by atoms with Gasteiger partial charge in [-0.15, -0.1) is 0 Å². The second-order valence-electron chi connectivity index (χ2n) is 4.15. The molecule has 2 aromatic carbocycles. The van der Waals surface area contributed by atoms with Crippen molar-refractivity contribution < 1.29 is 9.47 Å². The number of rotatable bonds is 6. The summed E-state index contributed by atoms with van der Waals surface area (Å²) >= 11 is 1.59. The van der Waals surface area contributed by atoms with E-state index in [-0.39, 0.29) is 0 Å². The molecule has 0 aliphatic heterocycles. The van der Waals surface area contributed by atoms with Gasteiger partial charge in [-0.05, 0) is 26.0 Å². The number of ether oxygens (including phenoxy) is 2. The lowest BCUT2D eigenvalue weighted by atomic mass is 10.3. The van der Waals surface area contributed by atoms with Gasteiger partial charge in [0.1, 0.15) is 5.75 Å². The van der Waals surface area contributed by atoms with E-state index in [1.54, 1.807) is 17.8 Å². The van der Waals surface area contributed by atoms with E-state index in [0.717, 1.165) is 9.79 Å². The van der Waals surface area contributed by atoms with E-state index in [9.17, 15) is 0 Å². The van der Waals surface area contributed by atoms with E-state index in [4.69, 9.17) is 14.9 Å². The maximum absolute atomic E-state index is 9.10. The number of benzene rings is 2. The minimum Gasteiger partial charge on any atom is -0.492 e.